The molecule has 34 heavy (non-hydrogen) atoms. The molecule has 0 saturated carbocycles. The summed E-state index contributed by atoms with van der Waals surface area (Å²) in [6.07, 6.45) is 7.19. The van der Waals surface area contributed by atoms with Gasteiger partial charge in [0.15, 0.2) is 0 Å². The molecule has 1 aromatic carbocycles. The number of hydrogen-bond donors (Lipinski definition) is 2. The molecular weight excluding hydrogens is 434 g/mol. The third-order valence-corrected chi connectivity index (χ3v) is 5.67. The van der Waals surface area contributed by atoms with Gasteiger partial charge < -0.3 is 29.4 Å². The van der Waals surface area contributed by atoms with E-state index in [-0.39, 0.29) is 30.8 Å². The van der Waals surface area contributed by atoms with Crippen LogP contribution >= 0.6 is 0 Å². The van der Waals surface area contributed by atoms with Crippen molar-refractivity contribution in [1.82, 2.24) is 19.6 Å². The number of benzene rings is 1. The van der Waals surface area contributed by atoms with Crippen molar-refractivity contribution in [3.63, 3.8) is 0 Å². The minimum absolute atomic E-state index is 0.0305. The quantitative estimate of drug-likeness (QED) is 0.531. The Bertz CT molecular complexity index is 1100. The summed E-state index contributed by atoms with van der Waals surface area (Å²) in [5.41, 5.74) is 2.49. The Kier molecular flexibility index (Phi) is 7.64. The number of likely N-dealkylation sites (tertiary alicyclic amines) is 1. The highest BCUT2D eigenvalue weighted by atomic mass is 16.5. The van der Waals surface area contributed by atoms with E-state index in [2.05, 4.69) is 15.6 Å². The minimum atomic E-state index is -0.282. The fourth-order valence-electron chi connectivity index (χ4n) is 3.78. The number of urea groups is 1. The van der Waals surface area contributed by atoms with Crippen LogP contribution in [-0.2, 0) is 16.1 Å². The van der Waals surface area contributed by atoms with E-state index in [1.54, 1.807) is 6.20 Å². The molecule has 3 heterocycles. The van der Waals surface area contributed by atoms with Crippen LogP contribution in [0.1, 0.15) is 32.3 Å². The molecule has 1 fully saturated rings. The van der Waals surface area contributed by atoms with Crippen molar-refractivity contribution in [3.05, 3.63) is 60.6 Å². The first kappa shape index (κ1) is 23.6. The van der Waals surface area contributed by atoms with Crippen LogP contribution in [0.5, 0.6) is 5.75 Å². The van der Waals surface area contributed by atoms with Gasteiger partial charge in [-0.3, -0.25) is 4.79 Å². The Labute approximate surface area is 199 Å². The van der Waals surface area contributed by atoms with E-state index < -0.39 is 0 Å². The van der Waals surface area contributed by atoms with E-state index in [1.807, 2.05) is 71.9 Å². The molecule has 2 aromatic heterocycles. The molecule has 4 rings (SSSR count). The molecule has 0 unspecified atom stereocenters. The number of fused-ring (bicyclic) bond motifs is 1. The molecule has 0 radical (unpaired) electrons. The number of rotatable bonds is 8. The summed E-state index contributed by atoms with van der Waals surface area (Å²) in [6.45, 7) is 5.70. The molecule has 9 nitrogen and oxygen atoms in total. The van der Waals surface area contributed by atoms with Crippen LogP contribution in [-0.4, -0.2) is 58.1 Å². The molecule has 0 atom stereocenters. The van der Waals surface area contributed by atoms with Gasteiger partial charge >= 0.3 is 6.03 Å². The van der Waals surface area contributed by atoms with Crippen molar-refractivity contribution in [2.45, 2.75) is 45.4 Å². The minimum Gasteiger partial charge on any atom is -0.490 e. The van der Waals surface area contributed by atoms with Crippen molar-refractivity contribution < 1.29 is 19.1 Å². The summed E-state index contributed by atoms with van der Waals surface area (Å²) in [7, 11) is 0. The fraction of sp³-hybridized carbons (Fsp3) is 0.400. The Morgan fingerprint density at radius 2 is 1.88 bits per heavy atom. The number of aromatic nitrogens is 2. The maximum absolute atomic E-state index is 12.3. The van der Waals surface area contributed by atoms with Gasteiger partial charge in [-0.05, 0) is 55.8 Å². The lowest BCUT2D eigenvalue weighted by atomic mass is 10.1. The van der Waals surface area contributed by atoms with Gasteiger partial charge in [0, 0.05) is 56.8 Å². The number of ether oxygens (including phenoxy) is 2. The number of piperidine rings is 1. The van der Waals surface area contributed by atoms with Gasteiger partial charge in [-0.15, -0.1) is 0 Å². The van der Waals surface area contributed by atoms with Crippen LogP contribution in [0.3, 0.4) is 0 Å². The molecule has 0 bridgehead atoms. The lowest BCUT2D eigenvalue weighted by Crippen LogP contribution is -2.43. The second-order valence-electron chi connectivity index (χ2n) is 8.62. The first-order chi connectivity index (χ1) is 16.5. The average Bonchev–Trinajstić information content (AvgIpc) is 3.31. The van der Waals surface area contributed by atoms with Crippen molar-refractivity contribution in [2.24, 2.45) is 0 Å². The second-order valence-corrected chi connectivity index (χ2v) is 8.62. The largest absolute Gasteiger partial charge is 0.490 e. The molecular formula is C25H31N5O4. The predicted octanol–water partition coefficient (Wildman–Crippen LogP) is 3.45. The predicted molar refractivity (Wildman–Crippen MR) is 129 cm³/mol. The van der Waals surface area contributed by atoms with Gasteiger partial charge in [0.25, 0.3) is 0 Å². The van der Waals surface area contributed by atoms with Gasteiger partial charge in [-0.1, -0.05) is 0 Å². The summed E-state index contributed by atoms with van der Waals surface area (Å²) in [6, 6.07) is 10.9. The number of anilines is 1. The lowest BCUT2D eigenvalue weighted by Gasteiger charge is -2.32. The highest BCUT2D eigenvalue weighted by molar-refractivity contribution is 5.89. The molecule has 1 aliphatic rings. The first-order valence-electron chi connectivity index (χ1n) is 11.6. The molecule has 0 spiro atoms. The standard InChI is InChI=1S/C25H31N5O4/c1-18(2)33-17-24(31)30-12-8-22(9-13-30)34-21-5-3-20(4-6-21)28-25(32)27-16-19-7-11-29-14-10-26-23(29)15-19/h3-7,10-11,14-15,18,22H,8-9,12-13,16-17H2,1-2H3,(H2,27,28,32). The number of amides is 3. The summed E-state index contributed by atoms with van der Waals surface area (Å²) in [5, 5.41) is 5.68. The van der Waals surface area contributed by atoms with Crippen molar-refractivity contribution in [3.8, 4) is 5.75 Å². The van der Waals surface area contributed by atoms with Gasteiger partial charge in [-0.25, -0.2) is 9.78 Å². The van der Waals surface area contributed by atoms with E-state index in [0.29, 0.717) is 25.3 Å². The molecule has 3 aromatic rings. The Balaban J connectivity index is 1.19. The zero-order chi connectivity index (χ0) is 23.9. The van der Waals surface area contributed by atoms with E-state index in [4.69, 9.17) is 9.47 Å². The van der Waals surface area contributed by atoms with E-state index in [9.17, 15) is 9.59 Å². The zero-order valence-corrected chi connectivity index (χ0v) is 19.6. The number of carbonyl (C=O) groups excluding carboxylic acids is 2. The topological polar surface area (TPSA) is 97.2 Å². The van der Waals surface area contributed by atoms with Gasteiger partial charge in [-0.2, -0.15) is 0 Å². The second kappa shape index (κ2) is 11.0. The van der Waals surface area contributed by atoms with Crippen LogP contribution in [0.25, 0.3) is 5.65 Å². The number of imidazole rings is 1. The molecule has 1 saturated heterocycles. The van der Waals surface area contributed by atoms with Crippen molar-refractivity contribution in [1.29, 1.82) is 0 Å². The first-order valence-corrected chi connectivity index (χ1v) is 11.6. The molecule has 0 aliphatic carbocycles. The summed E-state index contributed by atoms with van der Waals surface area (Å²) in [4.78, 5) is 30.5. The Hall–Kier alpha value is -3.59. The van der Waals surface area contributed by atoms with Gasteiger partial charge in [0.1, 0.15) is 24.1 Å². The zero-order valence-electron chi connectivity index (χ0n) is 19.6. The third-order valence-electron chi connectivity index (χ3n) is 5.67. The van der Waals surface area contributed by atoms with Crippen molar-refractivity contribution in [2.75, 3.05) is 25.0 Å². The molecule has 1 aliphatic heterocycles. The van der Waals surface area contributed by atoms with E-state index in [1.165, 1.54) is 0 Å². The molecule has 180 valence electrons. The van der Waals surface area contributed by atoms with Crippen LogP contribution in [0.4, 0.5) is 10.5 Å². The third kappa shape index (κ3) is 6.48. The fourth-order valence-corrected chi connectivity index (χ4v) is 3.78. The van der Waals surface area contributed by atoms with Crippen LogP contribution < -0.4 is 15.4 Å². The maximum Gasteiger partial charge on any atom is 0.319 e. The molecule has 9 heteroatoms. The smallest absolute Gasteiger partial charge is 0.319 e. The molecule has 3 amide bonds. The number of carbonyl (C=O) groups is 2. The van der Waals surface area contributed by atoms with Crippen LogP contribution in [0.15, 0.2) is 55.0 Å². The van der Waals surface area contributed by atoms with Crippen molar-refractivity contribution >= 4 is 23.3 Å². The van der Waals surface area contributed by atoms with Crippen LogP contribution in [0.2, 0.25) is 0 Å². The monoisotopic (exact) mass is 465 g/mol. The average molecular weight is 466 g/mol. The number of nitrogens with zero attached hydrogens (tertiary/aromatic N) is 3. The Morgan fingerprint density at radius 1 is 1.12 bits per heavy atom. The Morgan fingerprint density at radius 3 is 2.62 bits per heavy atom. The highest BCUT2D eigenvalue weighted by Crippen LogP contribution is 2.21. The van der Waals surface area contributed by atoms with Crippen LogP contribution in [0, 0.1) is 0 Å². The SMILES string of the molecule is CC(C)OCC(=O)N1CCC(Oc2ccc(NC(=O)NCc3ccn4ccnc4c3)cc2)CC1. The summed E-state index contributed by atoms with van der Waals surface area (Å²) in [5.74, 6) is 0.773. The lowest BCUT2D eigenvalue weighted by molar-refractivity contribution is -0.139. The number of pyridine rings is 1. The van der Waals surface area contributed by atoms with Gasteiger partial charge in [0.2, 0.25) is 5.91 Å². The van der Waals surface area contributed by atoms with Gasteiger partial charge in [0.05, 0.1) is 6.10 Å². The molecule has 2 N–H and O–H groups in total. The van der Waals surface area contributed by atoms with E-state index >= 15 is 0 Å². The number of hydrogen-bond acceptors (Lipinski definition) is 5. The maximum atomic E-state index is 12.3. The highest BCUT2D eigenvalue weighted by Gasteiger charge is 2.24. The number of nitrogens with one attached hydrogen (secondary N) is 2. The van der Waals surface area contributed by atoms with E-state index in [0.717, 1.165) is 29.8 Å². The summed E-state index contributed by atoms with van der Waals surface area (Å²) < 4.78 is 13.4. The normalized spacial score (nSPS) is 14.4. The summed E-state index contributed by atoms with van der Waals surface area (Å²) >= 11 is 0.